The van der Waals surface area contributed by atoms with Gasteiger partial charge in [0, 0.05) is 6.54 Å². The van der Waals surface area contributed by atoms with E-state index in [1.807, 2.05) is 0 Å². The molecule has 1 aromatic rings. The first-order valence-electron chi connectivity index (χ1n) is 6.99. The van der Waals surface area contributed by atoms with E-state index in [1.165, 1.54) is 30.5 Å². The van der Waals surface area contributed by atoms with Crippen molar-refractivity contribution in [3.05, 3.63) is 35.4 Å². The second-order valence-corrected chi connectivity index (χ2v) is 5.56. The van der Waals surface area contributed by atoms with Crippen molar-refractivity contribution in [2.75, 3.05) is 13.1 Å². The van der Waals surface area contributed by atoms with Crippen LogP contribution in [0, 0.1) is 18.8 Å². The fourth-order valence-corrected chi connectivity index (χ4v) is 3.13. The van der Waals surface area contributed by atoms with Gasteiger partial charge in [0.2, 0.25) is 0 Å². The molecule has 1 N–H and O–H groups in total. The highest BCUT2D eigenvalue weighted by Crippen LogP contribution is 2.36. The summed E-state index contributed by atoms with van der Waals surface area (Å²) in [5, 5.41) is 3.56. The van der Waals surface area contributed by atoms with Crippen LogP contribution in [-0.4, -0.2) is 13.1 Å². The highest BCUT2D eigenvalue weighted by molar-refractivity contribution is 5.27. The lowest BCUT2D eigenvalue weighted by atomic mass is 9.74. The van der Waals surface area contributed by atoms with Gasteiger partial charge in [-0.05, 0) is 43.2 Å². The lowest BCUT2D eigenvalue weighted by Gasteiger charge is -2.36. The molecule has 1 fully saturated rings. The summed E-state index contributed by atoms with van der Waals surface area (Å²) in [5.74, 6) is 2.39. The summed E-state index contributed by atoms with van der Waals surface area (Å²) in [6.45, 7) is 9.27. The molecule has 3 atom stereocenters. The summed E-state index contributed by atoms with van der Waals surface area (Å²) in [4.78, 5) is 0. The van der Waals surface area contributed by atoms with Crippen molar-refractivity contribution >= 4 is 0 Å². The zero-order valence-corrected chi connectivity index (χ0v) is 11.4. The van der Waals surface area contributed by atoms with Gasteiger partial charge in [-0.1, -0.05) is 50.1 Å². The molecule has 1 heteroatoms. The van der Waals surface area contributed by atoms with Gasteiger partial charge >= 0.3 is 0 Å². The highest BCUT2D eigenvalue weighted by Gasteiger charge is 2.29. The third-order valence-corrected chi connectivity index (χ3v) is 4.38. The average Bonchev–Trinajstić information content (AvgIpc) is 2.38. The first-order valence-corrected chi connectivity index (χ1v) is 6.99. The molecule has 17 heavy (non-hydrogen) atoms. The molecular formula is C16H25N. The summed E-state index contributed by atoms with van der Waals surface area (Å²) in [5.41, 5.74) is 2.92. The van der Waals surface area contributed by atoms with Crippen molar-refractivity contribution in [1.29, 1.82) is 0 Å². The number of benzene rings is 1. The highest BCUT2D eigenvalue weighted by atomic mass is 14.9. The maximum atomic E-state index is 3.56. The van der Waals surface area contributed by atoms with Crippen LogP contribution in [0.3, 0.4) is 0 Å². The molecule has 1 aromatic carbocycles. The van der Waals surface area contributed by atoms with Gasteiger partial charge in [-0.15, -0.1) is 0 Å². The summed E-state index contributed by atoms with van der Waals surface area (Å²) < 4.78 is 0. The lowest BCUT2D eigenvalue weighted by Crippen LogP contribution is -2.37. The first kappa shape index (κ1) is 12.6. The standard InChI is InChI=1S/C16H25N/c1-4-13(3)15-8-9-17-11-16(15)14-7-5-6-12(2)10-14/h5-7,10,13,15-17H,4,8-9,11H2,1-3H3. The number of rotatable bonds is 3. The molecule has 0 aliphatic carbocycles. The number of piperidine rings is 1. The summed E-state index contributed by atoms with van der Waals surface area (Å²) in [6.07, 6.45) is 2.63. The van der Waals surface area contributed by atoms with E-state index < -0.39 is 0 Å². The van der Waals surface area contributed by atoms with Crippen molar-refractivity contribution in [2.24, 2.45) is 11.8 Å². The van der Waals surface area contributed by atoms with Gasteiger partial charge in [-0.25, -0.2) is 0 Å². The van der Waals surface area contributed by atoms with Crippen molar-refractivity contribution in [2.45, 2.75) is 39.5 Å². The smallest absolute Gasteiger partial charge is 0.00229 e. The average molecular weight is 231 g/mol. The monoisotopic (exact) mass is 231 g/mol. The minimum Gasteiger partial charge on any atom is -0.316 e. The van der Waals surface area contributed by atoms with E-state index in [0.29, 0.717) is 5.92 Å². The van der Waals surface area contributed by atoms with E-state index in [1.54, 1.807) is 0 Å². The van der Waals surface area contributed by atoms with Crippen molar-refractivity contribution in [3.63, 3.8) is 0 Å². The number of aryl methyl sites for hydroxylation is 1. The van der Waals surface area contributed by atoms with Crippen molar-refractivity contribution < 1.29 is 0 Å². The topological polar surface area (TPSA) is 12.0 Å². The molecule has 1 nitrogen and oxygen atoms in total. The van der Waals surface area contributed by atoms with Crippen molar-refractivity contribution in [1.82, 2.24) is 5.32 Å². The Kier molecular flexibility index (Phi) is 4.22. The van der Waals surface area contributed by atoms with Gasteiger partial charge in [-0.2, -0.15) is 0 Å². The van der Waals surface area contributed by atoms with E-state index in [2.05, 4.69) is 50.4 Å². The zero-order valence-electron chi connectivity index (χ0n) is 11.4. The molecule has 3 unspecified atom stereocenters. The molecule has 94 valence electrons. The fraction of sp³-hybridized carbons (Fsp3) is 0.625. The van der Waals surface area contributed by atoms with Gasteiger partial charge in [0.1, 0.15) is 0 Å². The SMILES string of the molecule is CCC(C)C1CCNCC1c1cccc(C)c1. The lowest BCUT2D eigenvalue weighted by molar-refractivity contribution is 0.233. The van der Waals surface area contributed by atoms with E-state index in [4.69, 9.17) is 0 Å². The third-order valence-electron chi connectivity index (χ3n) is 4.38. The van der Waals surface area contributed by atoms with E-state index >= 15 is 0 Å². The minimum absolute atomic E-state index is 0.707. The van der Waals surface area contributed by atoms with Gasteiger partial charge in [-0.3, -0.25) is 0 Å². The summed E-state index contributed by atoms with van der Waals surface area (Å²) >= 11 is 0. The predicted molar refractivity (Wildman–Crippen MR) is 74.4 cm³/mol. The van der Waals surface area contributed by atoms with Crippen LogP contribution in [-0.2, 0) is 0 Å². The van der Waals surface area contributed by atoms with Crippen LogP contribution >= 0.6 is 0 Å². The molecule has 0 saturated carbocycles. The fourth-order valence-electron chi connectivity index (χ4n) is 3.13. The molecule has 1 aliphatic rings. The molecule has 2 rings (SSSR count). The zero-order chi connectivity index (χ0) is 12.3. The first-order chi connectivity index (χ1) is 8.22. The second kappa shape index (κ2) is 5.68. The molecular weight excluding hydrogens is 206 g/mol. The number of nitrogens with one attached hydrogen (secondary N) is 1. The largest absolute Gasteiger partial charge is 0.316 e. The Bertz CT molecular complexity index is 358. The molecule has 0 amide bonds. The Labute approximate surface area is 106 Å². The second-order valence-electron chi connectivity index (χ2n) is 5.56. The van der Waals surface area contributed by atoms with Gasteiger partial charge in [0.05, 0.1) is 0 Å². The van der Waals surface area contributed by atoms with Crippen LogP contribution < -0.4 is 5.32 Å². The van der Waals surface area contributed by atoms with Crippen molar-refractivity contribution in [3.8, 4) is 0 Å². The molecule has 1 saturated heterocycles. The van der Waals surface area contributed by atoms with Crippen LogP contribution in [0.5, 0.6) is 0 Å². The summed E-state index contributed by atoms with van der Waals surface area (Å²) in [6, 6.07) is 9.07. The predicted octanol–water partition coefficient (Wildman–Crippen LogP) is 3.73. The number of hydrogen-bond acceptors (Lipinski definition) is 1. The molecule has 0 radical (unpaired) electrons. The molecule has 0 aromatic heterocycles. The number of hydrogen-bond donors (Lipinski definition) is 1. The normalized spacial score (nSPS) is 26.8. The van der Waals surface area contributed by atoms with Crippen LogP contribution in [0.4, 0.5) is 0 Å². The molecule has 1 aliphatic heterocycles. The molecule has 0 spiro atoms. The third kappa shape index (κ3) is 2.90. The quantitative estimate of drug-likeness (QED) is 0.835. The van der Waals surface area contributed by atoms with Crippen LogP contribution in [0.1, 0.15) is 43.7 Å². The van der Waals surface area contributed by atoms with Gasteiger partial charge < -0.3 is 5.32 Å². The summed E-state index contributed by atoms with van der Waals surface area (Å²) in [7, 11) is 0. The molecule has 0 bridgehead atoms. The Balaban J connectivity index is 2.21. The van der Waals surface area contributed by atoms with E-state index in [-0.39, 0.29) is 0 Å². The van der Waals surface area contributed by atoms with E-state index in [9.17, 15) is 0 Å². The van der Waals surface area contributed by atoms with Crippen LogP contribution in [0.15, 0.2) is 24.3 Å². The van der Waals surface area contributed by atoms with Gasteiger partial charge in [0.15, 0.2) is 0 Å². The Morgan fingerprint density at radius 1 is 1.41 bits per heavy atom. The maximum Gasteiger partial charge on any atom is 0.00229 e. The Hall–Kier alpha value is -0.820. The van der Waals surface area contributed by atoms with Crippen LogP contribution in [0.2, 0.25) is 0 Å². The Morgan fingerprint density at radius 2 is 2.24 bits per heavy atom. The van der Waals surface area contributed by atoms with E-state index in [0.717, 1.165) is 18.4 Å². The Morgan fingerprint density at radius 3 is 2.94 bits per heavy atom. The molecule has 1 heterocycles. The van der Waals surface area contributed by atoms with Gasteiger partial charge in [0.25, 0.3) is 0 Å². The minimum atomic E-state index is 0.707. The van der Waals surface area contributed by atoms with Crippen LogP contribution in [0.25, 0.3) is 0 Å². The maximum absolute atomic E-state index is 3.56.